The molecular formula is C13H17ClN2S. The van der Waals surface area contributed by atoms with Gasteiger partial charge in [0.1, 0.15) is 0 Å². The van der Waals surface area contributed by atoms with Gasteiger partial charge in [-0.05, 0) is 30.0 Å². The van der Waals surface area contributed by atoms with Crippen LogP contribution >= 0.6 is 23.7 Å². The first kappa shape index (κ1) is 14.2. The molecule has 0 fully saturated rings. The molecule has 0 bridgehead atoms. The van der Waals surface area contributed by atoms with Gasteiger partial charge in [-0.25, -0.2) is 0 Å². The van der Waals surface area contributed by atoms with Crippen molar-refractivity contribution in [1.29, 1.82) is 0 Å². The summed E-state index contributed by atoms with van der Waals surface area (Å²) in [5.41, 5.74) is 9.25. The zero-order chi connectivity index (χ0) is 11.4. The van der Waals surface area contributed by atoms with Crippen LogP contribution in [0.1, 0.15) is 19.0 Å². The van der Waals surface area contributed by atoms with Crippen molar-refractivity contribution in [3.05, 3.63) is 40.7 Å². The molecule has 2 N–H and O–H groups in total. The molecule has 2 aromatic rings. The van der Waals surface area contributed by atoms with Crippen LogP contribution in [-0.2, 0) is 6.42 Å². The Morgan fingerprint density at radius 3 is 2.82 bits per heavy atom. The maximum Gasteiger partial charge on any atom is 0.0713 e. The van der Waals surface area contributed by atoms with Gasteiger partial charge in [0.15, 0.2) is 0 Å². The lowest BCUT2D eigenvalue weighted by Gasteiger charge is -2.08. The molecule has 0 spiro atoms. The predicted octanol–water partition coefficient (Wildman–Crippen LogP) is 3.51. The van der Waals surface area contributed by atoms with Gasteiger partial charge < -0.3 is 5.73 Å². The molecule has 4 heteroatoms. The first-order chi connectivity index (χ1) is 7.79. The van der Waals surface area contributed by atoms with Crippen LogP contribution in [0.15, 0.2) is 35.0 Å². The van der Waals surface area contributed by atoms with Crippen LogP contribution in [0.2, 0.25) is 0 Å². The van der Waals surface area contributed by atoms with E-state index in [0.717, 1.165) is 24.2 Å². The molecule has 92 valence electrons. The largest absolute Gasteiger partial charge is 0.327 e. The average Bonchev–Trinajstić information content (AvgIpc) is 2.83. The number of pyridine rings is 1. The summed E-state index contributed by atoms with van der Waals surface area (Å²) in [6, 6.07) is 8.45. The normalized spacial score (nSPS) is 11.9. The van der Waals surface area contributed by atoms with Crippen molar-refractivity contribution >= 4 is 23.7 Å². The van der Waals surface area contributed by atoms with Gasteiger partial charge >= 0.3 is 0 Å². The number of aromatic nitrogens is 1. The Labute approximate surface area is 112 Å². The number of halogens is 1. The fourth-order valence-electron chi connectivity index (χ4n) is 1.58. The monoisotopic (exact) mass is 268 g/mol. The fourth-order valence-corrected chi connectivity index (χ4v) is 2.23. The minimum Gasteiger partial charge on any atom is -0.327 e. The van der Waals surface area contributed by atoms with Crippen molar-refractivity contribution in [2.24, 2.45) is 5.73 Å². The van der Waals surface area contributed by atoms with E-state index in [1.165, 1.54) is 5.56 Å². The van der Waals surface area contributed by atoms with Gasteiger partial charge in [0.2, 0.25) is 0 Å². The fraction of sp³-hybridized carbons (Fsp3) is 0.308. The smallest absolute Gasteiger partial charge is 0.0713 e. The highest BCUT2D eigenvalue weighted by Gasteiger charge is 2.05. The number of hydrogen-bond acceptors (Lipinski definition) is 3. The van der Waals surface area contributed by atoms with E-state index in [-0.39, 0.29) is 18.4 Å². The molecule has 0 aromatic carbocycles. The van der Waals surface area contributed by atoms with E-state index in [1.54, 1.807) is 11.3 Å². The molecule has 0 saturated carbocycles. The van der Waals surface area contributed by atoms with E-state index in [4.69, 9.17) is 5.73 Å². The van der Waals surface area contributed by atoms with Gasteiger partial charge in [-0.1, -0.05) is 13.0 Å². The van der Waals surface area contributed by atoms with Crippen LogP contribution in [0.5, 0.6) is 0 Å². The summed E-state index contributed by atoms with van der Waals surface area (Å²) < 4.78 is 0. The Morgan fingerprint density at radius 1 is 1.35 bits per heavy atom. The third kappa shape index (κ3) is 3.80. The molecule has 2 rings (SSSR count). The van der Waals surface area contributed by atoms with Crippen molar-refractivity contribution in [3.63, 3.8) is 0 Å². The van der Waals surface area contributed by atoms with E-state index < -0.39 is 0 Å². The molecule has 0 aliphatic rings. The van der Waals surface area contributed by atoms with E-state index in [2.05, 4.69) is 34.8 Å². The van der Waals surface area contributed by atoms with Crippen molar-refractivity contribution in [2.75, 3.05) is 0 Å². The van der Waals surface area contributed by atoms with Crippen LogP contribution in [0.4, 0.5) is 0 Å². The van der Waals surface area contributed by atoms with Crippen molar-refractivity contribution in [1.82, 2.24) is 4.98 Å². The standard InChI is InChI=1S/C13H16N2S.ClH/c1-2-11(14)8-12-4-3-5-13(15-12)10-6-7-16-9-10;/h3-7,9,11H,2,8,14H2,1H3;1H. The third-order valence-electron chi connectivity index (χ3n) is 2.62. The number of rotatable bonds is 4. The number of hydrogen-bond donors (Lipinski definition) is 1. The minimum atomic E-state index is 0. The molecule has 2 nitrogen and oxygen atoms in total. The second-order valence-electron chi connectivity index (χ2n) is 3.90. The summed E-state index contributed by atoms with van der Waals surface area (Å²) in [4.78, 5) is 4.63. The average molecular weight is 269 g/mol. The molecule has 0 aliphatic heterocycles. The molecule has 0 aliphatic carbocycles. The van der Waals surface area contributed by atoms with Gasteiger partial charge in [0, 0.05) is 29.1 Å². The van der Waals surface area contributed by atoms with Gasteiger partial charge in [0.05, 0.1) is 5.69 Å². The van der Waals surface area contributed by atoms with E-state index >= 15 is 0 Å². The highest BCUT2D eigenvalue weighted by atomic mass is 35.5. The third-order valence-corrected chi connectivity index (χ3v) is 3.30. The number of thiophene rings is 1. The highest BCUT2D eigenvalue weighted by molar-refractivity contribution is 7.08. The lowest BCUT2D eigenvalue weighted by molar-refractivity contribution is 0.637. The molecule has 1 unspecified atom stereocenters. The molecule has 0 amide bonds. The first-order valence-electron chi connectivity index (χ1n) is 5.53. The van der Waals surface area contributed by atoms with E-state index in [9.17, 15) is 0 Å². The zero-order valence-electron chi connectivity index (χ0n) is 9.80. The Bertz CT molecular complexity index is 442. The highest BCUT2D eigenvalue weighted by Crippen LogP contribution is 2.20. The Morgan fingerprint density at radius 2 is 2.18 bits per heavy atom. The van der Waals surface area contributed by atoms with Gasteiger partial charge in [-0.2, -0.15) is 11.3 Å². The van der Waals surface area contributed by atoms with Crippen LogP contribution in [0, 0.1) is 0 Å². The zero-order valence-corrected chi connectivity index (χ0v) is 11.4. The second-order valence-corrected chi connectivity index (χ2v) is 4.68. The number of nitrogens with two attached hydrogens (primary N) is 1. The van der Waals surface area contributed by atoms with Gasteiger partial charge in [-0.15, -0.1) is 12.4 Å². The maximum atomic E-state index is 5.94. The summed E-state index contributed by atoms with van der Waals surface area (Å²) in [5.74, 6) is 0. The number of nitrogens with zero attached hydrogens (tertiary/aromatic N) is 1. The molecule has 1 atom stereocenters. The van der Waals surface area contributed by atoms with Crippen molar-refractivity contribution < 1.29 is 0 Å². The molecule has 2 heterocycles. The lowest BCUT2D eigenvalue weighted by atomic mass is 10.1. The summed E-state index contributed by atoms with van der Waals surface area (Å²) >= 11 is 1.69. The molecular weight excluding hydrogens is 252 g/mol. The minimum absolute atomic E-state index is 0. The molecule has 17 heavy (non-hydrogen) atoms. The Balaban J connectivity index is 0.00000144. The predicted molar refractivity (Wildman–Crippen MR) is 76.8 cm³/mol. The second kappa shape index (κ2) is 6.74. The summed E-state index contributed by atoms with van der Waals surface area (Å²) in [6.45, 7) is 2.10. The van der Waals surface area contributed by atoms with Crippen molar-refractivity contribution in [2.45, 2.75) is 25.8 Å². The molecule has 2 aromatic heterocycles. The van der Waals surface area contributed by atoms with Crippen LogP contribution in [-0.4, -0.2) is 11.0 Å². The quantitative estimate of drug-likeness (QED) is 0.922. The topological polar surface area (TPSA) is 38.9 Å². The van der Waals surface area contributed by atoms with Gasteiger partial charge in [0.25, 0.3) is 0 Å². The maximum absolute atomic E-state index is 5.94. The van der Waals surface area contributed by atoms with Crippen molar-refractivity contribution in [3.8, 4) is 11.3 Å². The van der Waals surface area contributed by atoms with Gasteiger partial charge in [-0.3, -0.25) is 4.98 Å². The Kier molecular flexibility index (Phi) is 5.62. The van der Waals surface area contributed by atoms with Crippen LogP contribution < -0.4 is 5.73 Å². The Hall–Kier alpha value is -0.900. The van der Waals surface area contributed by atoms with E-state index in [0.29, 0.717) is 0 Å². The van der Waals surface area contributed by atoms with Crippen LogP contribution in [0.25, 0.3) is 11.3 Å². The SMILES string of the molecule is CCC(N)Cc1cccc(-c2ccsc2)n1.Cl. The first-order valence-corrected chi connectivity index (χ1v) is 6.48. The molecule has 0 saturated heterocycles. The summed E-state index contributed by atoms with van der Waals surface area (Å²) in [6.07, 6.45) is 1.85. The van der Waals surface area contributed by atoms with E-state index in [1.807, 2.05) is 12.1 Å². The lowest BCUT2D eigenvalue weighted by Crippen LogP contribution is -2.21. The molecule has 0 radical (unpaired) electrons. The summed E-state index contributed by atoms with van der Waals surface area (Å²) in [5, 5.41) is 4.19. The summed E-state index contributed by atoms with van der Waals surface area (Å²) in [7, 11) is 0. The van der Waals surface area contributed by atoms with Crippen LogP contribution in [0.3, 0.4) is 0 Å².